The molecule has 5 N–H and O–H groups in total. The standard InChI is InChI=1S/C19H20F2N4O/c20-13-6-12(8-24-10-13)15-5-4-14(7-17(15)21)25-9-11-2-1-3-16(18(11)22)19(23)26/h1-5,7,9,12-13,24H,6,8,10,22H2,(H2,23,26). The highest BCUT2D eigenvalue weighted by Gasteiger charge is 2.24. The summed E-state index contributed by atoms with van der Waals surface area (Å²) in [6, 6.07) is 9.47. The van der Waals surface area contributed by atoms with E-state index in [1.165, 1.54) is 18.3 Å². The molecule has 1 saturated heterocycles. The number of amides is 1. The van der Waals surface area contributed by atoms with Crippen LogP contribution in [0.2, 0.25) is 0 Å². The van der Waals surface area contributed by atoms with Crippen LogP contribution in [-0.2, 0) is 0 Å². The third-order valence-electron chi connectivity index (χ3n) is 4.48. The van der Waals surface area contributed by atoms with Gasteiger partial charge in [-0.3, -0.25) is 9.79 Å². The molecule has 2 atom stereocenters. The quantitative estimate of drug-likeness (QED) is 0.579. The molecule has 26 heavy (non-hydrogen) atoms. The number of para-hydroxylation sites is 1. The molecule has 2 aromatic carbocycles. The molecule has 5 nitrogen and oxygen atoms in total. The molecule has 0 aromatic heterocycles. The number of alkyl halides is 1. The number of primary amides is 1. The molecule has 2 aromatic rings. The molecule has 1 fully saturated rings. The second-order valence-electron chi connectivity index (χ2n) is 6.32. The number of anilines is 1. The smallest absolute Gasteiger partial charge is 0.250 e. The van der Waals surface area contributed by atoms with Crippen molar-refractivity contribution in [3.8, 4) is 0 Å². The molecular weight excluding hydrogens is 338 g/mol. The minimum atomic E-state index is -0.966. The van der Waals surface area contributed by atoms with E-state index in [1.807, 2.05) is 0 Å². The Morgan fingerprint density at radius 1 is 1.27 bits per heavy atom. The third kappa shape index (κ3) is 3.88. The van der Waals surface area contributed by atoms with E-state index in [4.69, 9.17) is 11.5 Å². The average Bonchev–Trinajstić information content (AvgIpc) is 2.60. The van der Waals surface area contributed by atoms with Crippen LogP contribution in [0.1, 0.15) is 33.8 Å². The summed E-state index contributed by atoms with van der Waals surface area (Å²) in [5, 5.41) is 2.97. The van der Waals surface area contributed by atoms with Gasteiger partial charge in [-0.1, -0.05) is 18.2 Å². The number of nitrogens with zero attached hydrogens (tertiary/aromatic N) is 1. The van der Waals surface area contributed by atoms with E-state index in [0.29, 0.717) is 36.3 Å². The zero-order valence-electron chi connectivity index (χ0n) is 14.1. The Balaban J connectivity index is 1.81. The van der Waals surface area contributed by atoms with Crippen molar-refractivity contribution >= 4 is 23.5 Å². The lowest BCUT2D eigenvalue weighted by atomic mass is 9.90. The van der Waals surface area contributed by atoms with E-state index in [-0.39, 0.29) is 17.2 Å². The maximum atomic E-state index is 14.4. The normalized spacial score (nSPS) is 20.4. The fraction of sp³-hybridized carbons (Fsp3) is 0.263. The SMILES string of the molecule is NC(=O)c1cccc(C=Nc2ccc(C3CNCC(F)C3)c(F)c2)c1N. The molecule has 0 radical (unpaired) electrons. The molecule has 1 heterocycles. The van der Waals surface area contributed by atoms with Crippen LogP contribution in [-0.4, -0.2) is 31.4 Å². The average molecular weight is 358 g/mol. The molecule has 0 aliphatic carbocycles. The third-order valence-corrected chi connectivity index (χ3v) is 4.48. The van der Waals surface area contributed by atoms with Gasteiger partial charge in [0.05, 0.1) is 16.9 Å². The first-order valence-electron chi connectivity index (χ1n) is 8.32. The topological polar surface area (TPSA) is 93.5 Å². The summed E-state index contributed by atoms with van der Waals surface area (Å²) >= 11 is 0. The molecule has 1 aliphatic rings. The van der Waals surface area contributed by atoms with Crippen LogP contribution in [0.25, 0.3) is 0 Å². The predicted molar refractivity (Wildman–Crippen MR) is 98.2 cm³/mol. The highest BCUT2D eigenvalue weighted by molar-refractivity contribution is 6.02. The molecule has 2 unspecified atom stereocenters. The molecule has 0 spiro atoms. The first-order chi connectivity index (χ1) is 12.5. The minimum absolute atomic E-state index is 0.195. The Kier molecular flexibility index (Phi) is 5.27. The summed E-state index contributed by atoms with van der Waals surface area (Å²) in [5.41, 5.74) is 13.0. The van der Waals surface area contributed by atoms with E-state index in [0.717, 1.165) is 0 Å². The van der Waals surface area contributed by atoms with Crippen molar-refractivity contribution in [2.24, 2.45) is 10.7 Å². The van der Waals surface area contributed by atoms with Gasteiger partial charge < -0.3 is 16.8 Å². The molecule has 1 aliphatic heterocycles. The van der Waals surface area contributed by atoms with Crippen LogP contribution in [0.4, 0.5) is 20.2 Å². The first kappa shape index (κ1) is 18.0. The summed E-state index contributed by atoms with van der Waals surface area (Å²) in [6.07, 6.45) is 0.797. The van der Waals surface area contributed by atoms with Gasteiger partial charge in [0.25, 0.3) is 5.91 Å². The Bertz CT molecular complexity index is 853. The van der Waals surface area contributed by atoms with Gasteiger partial charge in [0.1, 0.15) is 12.0 Å². The zero-order valence-corrected chi connectivity index (χ0v) is 14.1. The Hall–Kier alpha value is -2.80. The number of nitrogen functional groups attached to an aromatic ring is 1. The largest absolute Gasteiger partial charge is 0.398 e. The van der Waals surface area contributed by atoms with Crippen molar-refractivity contribution in [2.75, 3.05) is 18.8 Å². The predicted octanol–water partition coefficient (Wildman–Crippen LogP) is 2.67. The molecule has 136 valence electrons. The highest BCUT2D eigenvalue weighted by atomic mass is 19.1. The van der Waals surface area contributed by atoms with Crippen molar-refractivity contribution < 1.29 is 13.6 Å². The summed E-state index contributed by atoms with van der Waals surface area (Å²) in [5.74, 6) is -1.24. The lowest BCUT2D eigenvalue weighted by molar-refractivity contribution is 0.100. The molecule has 0 saturated carbocycles. The summed E-state index contributed by atoms with van der Waals surface area (Å²) < 4.78 is 27.9. The van der Waals surface area contributed by atoms with Crippen molar-refractivity contribution in [3.63, 3.8) is 0 Å². The van der Waals surface area contributed by atoms with E-state index < -0.39 is 17.9 Å². The second kappa shape index (κ2) is 7.61. The monoisotopic (exact) mass is 358 g/mol. The van der Waals surface area contributed by atoms with Crippen LogP contribution < -0.4 is 16.8 Å². The number of nitrogens with one attached hydrogen (secondary N) is 1. The van der Waals surface area contributed by atoms with Gasteiger partial charge in [-0.15, -0.1) is 0 Å². The Morgan fingerprint density at radius 3 is 2.77 bits per heavy atom. The molecule has 3 rings (SSSR count). The first-order valence-corrected chi connectivity index (χ1v) is 8.32. The fourth-order valence-electron chi connectivity index (χ4n) is 3.11. The van der Waals surface area contributed by atoms with Gasteiger partial charge in [0, 0.05) is 30.8 Å². The van der Waals surface area contributed by atoms with Gasteiger partial charge in [0.2, 0.25) is 0 Å². The molecular formula is C19H20F2N4O. The van der Waals surface area contributed by atoms with Gasteiger partial charge in [-0.25, -0.2) is 8.78 Å². The van der Waals surface area contributed by atoms with Crippen molar-refractivity contribution in [1.82, 2.24) is 5.32 Å². The lowest BCUT2D eigenvalue weighted by Gasteiger charge is -2.26. The number of carbonyl (C=O) groups is 1. The number of piperidine rings is 1. The van der Waals surface area contributed by atoms with Gasteiger partial charge in [0.15, 0.2) is 0 Å². The number of hydrogen-bond donors (Lipinski definition) is 3. The molecule has 1 amide bonds. The summed E-state index contributed by atoms with van der Waals surface area (Å²) in [4.78, 5) is 15.5. The van der Waals surface area contributed by atoms with Crippen molar-refractivity contribution in [2.45, 2.75) is 18.5 Å². The van der Waals surface area contributed by atoms with Crippen LogP contribution >= 0.6 is 0 Å². The number of carbonyl (C=O) groups excluding carboxylic acids is 1. The van der Waals surface area contributed by atoms with Crippen molar-refractivity contribution in [3.05, 3.63) is 58.9 Å². The summed E-state index contributed by atoms with van der Waals surface area (Å²) in [6.45, 7) is 0.864. The maximum Gasteiger partial charge on any atom is 0.250 e. The fourth-order valence-corrected chi connectivity index (χ4v) is 3.11. The maximum absolute atomic E-state index is 14.4. The van der Waals surface area contributed by atoms with E-state index in [2.05, 4.69) is 10.3 Å². The lowest BCUT2D eigenvalue weighted by Crippen LogP contribution is -2.36. The number of benzene rings is 2. The van der Waals surface area contributed by atoms with Crippen LogP contribution in [0.5, 0.6) is 0 Å². The van der Waals surface area contributed by atoms with Crippen LogP contribution in [0.3, 0.4) is 0 Å². The Morgan fingerprint density at radius 2 is 2.08 bits per heavy atom. The van der Waals surface area contributed by atoms with Crippen LogP contribution in [0, 0.1) is 5.82 Å². The van der Waals surface area contributed by atoms with Gasteiger partial charge >= 0.3 is 0 Å². The number of hydrogen-bond acceptors (Lipinski definition) is 4. The van der Waals surface area contributed by atoms with E-state index in [1.54, 1.807) is 24.3 Å². The molecule has 0 bridgehead atoms. The minimum Gasteiger partial charge on any atom is -0.398 e. The second-order valence-corrected chi connectivity index (χ2v) is 6.32. The highest BCUT2D eigenvalue weighted by Crippen LogP contribution is 2.29. The molecule has 7 heteroatoms. The van der Waals surface area contributed by atoms with Crippen LogP contribution in [0.15, 0.2) is 41.4 Å². The van der Waals surface area contributed by atoms with E-state index >= 15 is 0 Å². The number of halogens is 2. The zero-order chi connectivity index (χ0) is 18.7. The van der Waals surface area contributed by atoms with Crippen molar-refractivity contribution in [1.29, 1.82) is 0 Å². The van der Waals surface area contributed by atoms with E-state index in [9.17, 15) is 13.6 Å². The van der Waals surface area contributed by atoms with Gasteiger partial charge in [-0.05, 0) is 30.2 Å². The Labute approximate surface area is 150 Å². The number of nitrogens with two attached hydrogens (primary N) is 2. The van der Waals surface area contributed by atoms with Gasteiger partial charge in [-0.2, -0.15) is 0 Å². The number of rotatable bonds is 4. The summed E-state index contributed by atoms with van der Waals surface area (Å²) in [7, 11) is 0. The number of aliphatic imine (C=N–C) groups is 1.